The highest BCUT2D eigenvalue weighted by Crippen LogP contribution is 2.14. The summed E-state index contributed by atoms with van der Waals surface area (Å²) >= 11 is 5.88. The van der Waals surface area contributed by atoms with E-state index >= 15 is 0 Å². The largest absolute Gasteiger partial charge is 0.311 e. The van der Waals surface area contributed by atoms with Crippen LogP contribution in [0.5, 0.6) is 0 Å². The minimum absolute atomic E-state index is 0.179. The van der Waals surface area contributed by atoms with Gasteiger partial charge in [0.2, 0.25) is 0 Å². The predicted octanol–water partition coefficient (Wildman–Crippen LogP) is 2.57. The van der Waals surface area contributed by atoms with Crippen molar-refractivity contribution in [2.75, 3.05) is 7.05 Å². The number of nitrogens with one attached hydrogen (secondary N) is 1. The van der Waals surface area contributed by atoms with Gasteiger partial charge in [-0.1, -0.05) is 23.7 Å². The molecule has 0 saturated carbocycles. The summed E-state index contributed by atoms with van der Waals surface area (Å²) in [6.45, 7) is 4.69. The van der Waals surface area contributed by atoms with Crippen molar-refractivity contribution in [2.45, 2.75) is 26.4 Å². The summed E-state index contributed by atoms with van der Waals surface area (Å²) in [6.07, 6.45) is 0. The normalized spacial score (nSPS) is 12.7. The van der Waals surface area contributed by atoms with Gasteiger partial charge in [0.25, 0.3) is 0 Å². The van der Waals surface area contributed by atoms with E-state index in [1.165, 1.54) is 0 Å². The van der Waals surface area contributed by atoms with Crippen molar-refractivity contribution < 1.29 is 0 Å². The fraction of sp³-hybridized carbons (Fsp3) is 0.385. The Labute approximate surface area is 112 Å². The van der Waals surface area contributed by atoms with Crippen LogP contribution in [-0.4, -0.2) is 21.8 Å². The van der Waals surface area contributed by atoms with Crippen molar-refractivity contribution in [3.05, 3.63) is 46.5 Å². The molecule has 0 radical (unpaired) electrons. The van der Waals surface area contributed by atoms with E-state index in [1.807, 2.05) is 42.9 Å². The first-order chi connectivity index (χ1) is 8.60. The lowest BCUT2D eigenvalue weighted by Gasteiger charge is -2.11. The minimum atomic E-state index is 0.179. The molecule has 1 atom stereocenters. The fourth-order valence-corrected chi connectivity index (χ4v) is 1.93. The third kappa shape index (κ3) is 2.89. The van der Waals surface area contributed by atoms with Gasteiger partial charge in [-0.2, -0.15) is 5.10 Å². The molecule has 2 aromatic rings. The number of rotatable bonds is 4. The molecule has 0 aliphatic rings. The molecule has 0 saturated heterocycles. The van der Waals surface area contributed by atoms with E-state index in [4.69, 9.17) is 11.6 Å². The number of halogens is 1. The summed E-state index contributed by atoms with van der Waals surface area (Å²) in [6, 6.07) is 7.97. The zero-order valence-corrected chi connectivity index (χ0v) is 11.6. The fourth-order valence-electron chi connectivity index (χ4n) is 1.80. The van der Waals surface area contributed by atoms with Crippen LogP contribution in [0.4, 0.5) is 0 Å². The molecule has 0 spiro atoms. The molecular weight excluding hydrogens is 248 g/mol. The average Bonchev–Trinajstić information content (AvgIpc) is 2.72. The van der Waals surface area contributed by atoms with Crippen molar-refractivity contribution in [3.8, 4) is 0 Å². The first-order valence-electron chi connectivity index (χ1n) is 5.93. The molecule has 1 N–H and O–H groups in total. The SMILES string of the molecule is CN[C@@H](C)c1nc(C)nn1Cc1ccc(Cl)cc1. The Balaban J connectivity index is 2.25. The van der Waals surface area contributed by atoms with Gasteiger partial charge in [-0.25, -0.2) is 9.67 Å². The van der Waals surface area contributed by atoms with Gasteiger partial charge in [0.15, 0.2) is 0 Å². The van der Waals surface area contributed by atoms with Crippen LogP contribution in [-0.2, 0) is 6.54 Å². The summed E-state index contributed by atoms with van der Waals surface area (Å²) in [5.74, 6) is 1.74. The molecule has 0 fully saturated rings. The molecule has 2 rings (SSSR count). The first kappa shape index (κ1) is 13.1. The second-order valence-corrected chi connectivity index (χ2v) is 4.75. The van der Waals surface area contributed by atoms with Crippen LogP contribution in [0.2, 0.25) is 5.02 Å². The molecule has 0 aliphatic heterocycles. The van der Waals surface area contributed by atoms with Crippen molar-refractivity contribution in [1.82, 2.24) is 20.1 Å². The third-order valence-electron chi connectivity index (χ3n) is 2.87. The maximum Gasteiger partial charge on any atom is 0.147 e. The van der Waals surface area contributed by atoms with Gasteiger partial charge in [-0.3, -0.25) is 0 Å². The van der Waals surface area contributed by atoms with Gasteiger partial charge in [-0.05, 0) is 38.6 Å². The summed E-state index contributed by atoms with van der Waals surface area (Å²) in [5.41, 5.74) is 1.16. The van der Waals surface area contributed by atoms with Gasteiger partial charge >= 0.3 is 0 Å². The van der Waals surface area contributed by atoms with Crippen molar-refractivity contribution in [1.29, 1.82) is 0 Å². The monoisotopic (exact) mass is 264 g/mol. The van der Waals surface area contributed by atoms with Crippen LogP contribution in [0.15, 0.2) is 24.3 Å². The van der Waals surface area contributed by atoms with Crippen molar-refractivity contribution >= 4 is 11.6 Å². The number of hydrogen-bond acceptors (Lipinski definition) is 3. The Morgan fingerprint density at radius 3 is 2.61 bits per heavy atom. The summed E-state index contributed by atoms with van der Waals surface area (Å²) in [5, 5.41) is 8.36. The highest BCUT2D eigenvalue weighted by molar-refractivity contribution is 6.30. The lowest BCUT2D eigenvalue weighted by molar-refractivity contribution is 0.542. The highest BCUT2D eigenvalue weighted by Gasteiger charge is 2.13. The van der Waals surface area contributed by atoms with Crippen LogP contribution < -0.4 is 5.32 Å². The zero-order chi connectivity index (χ0) is 13.1. The maximum absolute atomic E-state index is 5.88. The number of aryl methyl sites for hydroxylation is 1. The van der Waals surface area contributed by atoms with Crippen LogP contribution in [0.25, 0.3) is 0 Å². The standard InChI is InChI=1S/C13H17ClN4/c1-9(15-3)13-16-10(2)17-18(13)8-11-4-6-12(14)7-5-11/h4-7,9,15H,8H2,1-3H3/t9-/m0/s1. The molecule has 96 valence electrons. The Morgan fingerprint density at radius 2 is 2.00 bits per heavy atom. The summed E-state index contributed by atoms with van der Waals surface area (Å²) in [7, 11) is 1.92. The maximum atomic E-state index is 5.88. The molecule has 0 aliphatic carbocycles. The molecule has 1 aromatic heterocycles. The van der Waals surface area contributed by atoms with E-state index in [9.17, 15) is 0 Å². The number of aromatic nitrogens is 3. The number of hydrogen-bond donors (Lipinski definition) is 1. The van der Waals surface area contributed by atoms with Gasteiger partial charge in [0.05, 0.1) is 12.6 Å². The number of nitrogens with zero attached hydrogens (tertiary/aromatic N) is 3. The lowest BCUT2D eigenvalue weighted by Crippen LogP contribution is -2.19. The molecule has 1 heterocycles. The highest BCUT2D eigenvalue weighted by atomic mass is 35.5. The second-order valence-electron chi connectivity index (χ2n) is 4.31. The van der Waals surface area contributed by atoms with E-state index in [2.05, 4.69) is 22.3 Å². The van der Waals surface area contributed by atoms with E-state index < -0.39 is 0 Å². The lowest BCUT2D eigenvalue weighted by atomic mass is 10.2. The molecule has 1 aromatic carbocycles. The molecule has 0 bridgehead atoms. The Morgan fingerprint density at radius 1 is 1.33 bits per heavy atom. The third-order valence-corrected chi connectivity index (χ3v) is 3.12. The van der Waals surface area contributed by atoms with Gasteiger partial charge in [0, 0.05) is 5.02 Å². The van der Waals surface area contributed by atoms with E-state index in [0.29, 0.717) is 6.54 Å². The number of benzene rings is 1. The van der Waals surface area contributed by atoms with Gasteiger partial charge in [0.1, 0.15) is 11.6 Å². The zero-order valence-electron chi connectivity index (χ0n) is 10.8. The quantitative estimate of drug-likeness (QED) is 0.923. The average molecular weight is 265 g/mol. The van der Waals surface area contributed by atoms with E-state index in [0.717, 1.165) is 22.2 Å². The summed E-state index contributed by atoms with van der Waals surface area (Å²) < 4.78 is 1.93. The van der Waals surface area contributed by atoms with Crippen molar-refractivity contribution in [2.24, 2.45) is 0 Å². The molecule has 0 amide bonds. The Hall–Kier alpha value is -1.39. The first-order valence-corrected chi connectivity index (χ1v) is 6.31. The van der Waals surface area contributed by atoms with E-state index in [-0.39, 0.29) is 6.04 Å². The van der Waals surface area contributed by atoms with Crippen LogP contribution in [0, 0.1) is 6.92 Å². The predicted molar refractivity (Wildman–Crippen MR) is 72.8 cm³/mol. The molecule has 4 nitrogen and oxygen atoms in total. The topological polar surface area (TPSA) is 42.7 Å². The van der Waals surface area contributed by atoms with Crippen LogP contribution >= 0.6 is 11.6 Å². The van der Waals surface area contributed by atoms with Gasteiger partial charge in [-0.15, -0.1) is 0 Å². The van der Waals surface area contributed by atoms with Crippen molar-refractivity contribution in [3.63, 3.8) is 0 Å². The Kier molecular flexibility index (Phi) is 3.99. The molecule has 0 unspecified atom stereocenters. The van der Waals surface area contributed by atoms with E-state index in [1.54, 1.807) is 0 Å². The van der Waals surface area contributed by atoms with Gasteiger partial charge < -0.3 is 5.32 Å². The van der Waals surface area contributed by atoms with Crippen LogP contribution in [0.3, 0.4) is 0 Å². The van der Waals surface area contributed by atoms with Crippen LogP contribution in [0.1, 0.15) is 30.2 Å². The molecule has 18 heavy (non-hydrogen) atoms. The smallest absolute Gasteiger partial charge is 0.147 e. The minimum Gasteiger partial charge on any atom is -0.311 e. The molecule has 5 heteroatoms. The second kappa shape index (κ2) is 5.50. The summed E-state index contributed by atoms with van der Waals surface area (Å²) in [4.78, 5) is 4.46. The Bertz CT molecular complexity index is 518. The molecular formula is C13H17ClN4.